The van der Waals surface area contributed by atoms with Gasteiger partial charge in [-0.15, -0.1) is 0 Å². The molecule has 1 atom stereocenters. The van der Waals surface area contributed by atoms with E-state index in [-0.39, 0.29) is 24.4 Å². The molecule has 1 saturated carbocycles. The summed E-state index contributed by atoms with van der Waals surface area (Å²) in [6.45, 7) is 1.61. The summed E-state index contributed by atoms with van der Waals surface area (Å²) in [6.07, 6.45) is 3.16. The van der Waals surface area contributed by atoms with Gasteiger partial charge in [0.2, 0.25) is 5.91 Å². The molecule has 2 N–H and O–H groups in total. The molecule has 1 aliphatic carbocycles. The summed E-state index contributed by atoms with van der Waals surface area (Å²) in [4.78, 5) is 38.0. The summed E-state index contributed by atoms with van der Waals surface area (Å²) >= 11 is 3.45. The van der Waals surface area contributed by atoms with Gasteiger partial charge in [0, 0.05) is 4.47 Å². The van der Waals surface area contributed by atoms with E-state index in [9.17, 15) is 14.4 Å². The van der Waals surface area contributed by atoms with Crippen LogP contribution >= 0.6 is 15.9 Å². The number of hydrogen-bond acceptors (Lipinski definition) is 3. The third-order valence-corrected chi connectivity index (χ3v) is 5.48. The van der Waals surface area contributed by atoms with E-state index in [1.807, 2.05) is 31.2 Å². The summed E-state index contributed by atoms with van der Waals surface area (Å²) in [5.41, 5.74) is 0.168. The number of nitrogens with one attached hydrogen (secondary N) is 2. The number of amides is 4. The zero-order valence-electron chi connectivity index (χ0n) is 13.5. The standard InChI is InChI=1S/C17H20BrN3O3/c1-11(12-6-2-3-7-13(12)18)19-14(22)10-21-15(23)17(20-16(21)24)8-4-5-9-17/h2-3,6-7,11H,4-5,8-10H2,1H3,(H,19,22)(H,20,24). The highest BCUT2D eigenvalue weighted by Gasteiger charge is 2.52. The molecule has 1 saturated heterocycles. The summed E-state index contributed by atoms with van der Waals surface area (Å²) in [6, 6.07) is 6.91. The van der Waals surface area contributed by atoms with Crippen LogP contribution in [0.5, 0.6) is 0 Å². The van der Waals surface area contributed by atoms with E-state index in [1.54, 1.807) is 0 Å². The first-order valence-electron chi connectivity index (χ1n) is 8.11. The van der Waals surface area contributed by atoms with E-state index >= 15 is 0 Å². The molecule has 24 heavy (non-hydrogen) atoms. The Bertz CT molecular complexity index is 685. The van der Waals surface area contributed by atoms with Gasteiger partial charge >= 0.3 is 6.03 Å². The van der Waals surface area contributed by atoms with Crippen LogP contribution in [0.1, 0.15) is 44.2 Å². The molecule has 1 aliphatic heterocycles. The predicted molar refractivity (Wildman–Crippen MR) is 92.1 cm³/mol. The van der Waals surface area contributed by atoms with Crippen LogP contribution in [0.25, 0.3) is 0 Å². The highest BCUT2D eigenvalue weighted by Crippen LogP contribution is 2.34. The molecule has 0 radical (unpaired) electrons. The van der Waals surface area contributed by atoms with Gasteiger partial charge in [-0.1, -0.05) is 47.0 Å². The van der Waals surface area contributed by atoms with E-state index in [4.69, 9.17) is 0 Å². The number of imide groups is 1. The van der Waals surface area contributed by atoms with Gasteiger partial charge in [-0.05, 0) is 31.4 Å². The summed E-state index contributed by atoms with van der Waals surface area (Å²) in [7, 11) is 0. The zero-order valence-corrected chi connectivity index (χ0v) is 15.1. The van der Waals surface area contributed by atoms with E-state index in [2.05, 4.69) is 26.6 Å². The summed E-state index contributed by atoms with van der Waals surface area (Å²) < 4.78 is 0.901. The molecular formula is C17H20BrN3O3. The van der Waals surface area contributed by atoms with E-state index in [0.717, 1.165) is 27.8 Å². The minimum atomic E-state index is -0.772. The third kappa shape index (κ3) is 3.05. The van der Waals surface area contributed by atoms with Crippen molar-refractivity contribution in [1.29, 1.82) is 0 Å². The van der Waals surface area contributed by atoms with Crippen LogP contribution < -0.4 is 10.6 Å². The molecule has 0 aromatic heterocycles. The van der Waals surface area contributed by atoms with E-state index in [0.29, 0.717) is 12.8 Å². The van der Waals surface area contributed by atoms with Crippen molar-refractivity contribution in [2.75, 3.05) is 6.54 Å². The first kappa shape index (κ1) is 17.0. The average Bonchev–Trinajstić information content (AvgIpc) is 3.09. The summed E-state index contributed by atoms with van der Waals surface area (Å²) in [5.74, 6) is -0.620. The van der Waals surface area contributed by atoms with Crippen molar-refractivity contribution in [3.8, 4) is 0 Å². The number of benzene rings is 1. The molecule has 3 rings (SSSR count). The molecule has 1 spiro atoms. The predicted octanol–water partition coefficient (Wildman–Crippen LogP) is 2.49. The topological polar surface area (TPSA) is 78.5 Å². The Morgan fingerprint density at radius 2 is 2.00 bits per heavy atom. The van der Waals surface area contributed by atoms with Crippen molar-refractivity contribution in [2.45, 2.75) is 44.2 Å². The molecule has 1 unspecified atom stereocenters. The van der Waals surface area contributed by atoms with E-state index < -0.39 is 11.6 Å². The molecule has 128 valence electrons. The Kier molecular flexibility index (Phi) is 4.62. The Balaban J connectivity index is 1.64. The largest absolute Gasteiger partial charge is 0.348 e. The minimum Gasteiger partial charge on any atom is -0.348 e. The fourth-order valence-electron chi connectivity index (χ4n) is 3.47. The first-order valence-corrected chi connectivity index (χ1v) is 8.90. The van der Waals surface area contributed by atoms with Gasteiger partial charge in [-0.3, -0.25) is 14.5 Å². The fourth-order valence-corrected chi connectivity index (χ4v) is 4.10. The van der Waals surface area contributed by atoms with Gasteiger partial charge in [0.05, 0.1) is 6.04 Å². The van der Waals surface area contributed by atoms with Crippen LogP contribution in [0.15, 0.2) is 28.7 Å². The number of rotatable bonds is 4. The number of nitrogens with zero attached hydrogens (tertiary/aromatic N) is 1. The van der Waals surface area contributed by atoms with Gasteiger partial charge in [-0.25, -0.2) is 4.79 Å². The second kappa shape index (κ2) is 6.55. The van der Waals surface area contributed by atoms with Crippen molar-refractivity contribution < 1.29 is 14.4 Å². The van der Waals surface area contributed by atoms with Gasteiger partial charge < -0.3 is 10.6 Å². The van der Waals surface area contributed by atoms with Gasteiger partial charge in [0.25, 0.3) is 5.91 Å². The van der Waals surface area contributed by atoms with Crippen molar-refractivity contribution in [3.05, 3.63) is 34.3 Å². The Morgan fingerprint density at radius 3 is 2.67 bits per heavy atom. The SMILES string of the molecule is CC(NC(=O)CN1C(=O)NC2(CCCC2)C1=O)c1ccccc1Br. The molecule has 1 aromatic carbocycles. The molecule has 6 nitrogen and oxygen atoms in total. The quantitative estimate of drug-likeness (QED) is 0.771. The molecule has 0 bridgehead atoms. The molecular weight excluding hydrogens is 374 g/mol. The maximum Gasteiger partial charge on any atom is 0.325 e. The van der Waals surface area contributed by atoms with Crippen LogP contribution in [-0.4, -0.2) is 34.8 Å². The lowest BCUT2D eigenvalue weighted by Gasteiger charge is -2.21. The monoisotopic (exact) mass is 393 g/mol. The first-order chi connectivity index (χ1) is 11.4. The second-order valence-electron chi connectivity index (χ2n) is 6.42. The molecule has 1 aromatic rings. The molecule has 4 amide bonds. The smallest absolute Gasteiger partial charge is 0.325 e. The van der Waals surface area contributed by atoms with Gasteiger partial charge in [0.1, 0.15) is 12.1 Å². The lowest BCUT2D eigenvalue weighted by Crippen LogP contribution is -2.45. The number of carbonyl (C=O) groups is 3. The van der Waals surface area contributed by atoms with Gasteiger partial charge in [0.15, 0.2) is 0 Å². The van der Waals surface area contributed by atoms with Crippen LogP contribution in [0.3, 0.4) is 0 Å². The van der Waals surface area contributed by atoms with Crippen LogP contribution in [0, 0.1) is 0 Å². The number of urea groups is 1. The van der Waals surface area contributed by atoms with Crippen molar-refractivity contribution in [3.63, 3.8) is 0 Å². The maximum atomic E-state index is 12.5. The molecule has 2 aliphatic rings. The average molecular weight is 394 g/mol. The second-order valence-corrected chi connectivity index (χ2v) is 7.28. The third-order valence-electron chi connectivity index (χ3n) is 4.75. The Morgan fingerprint density at radius 1 is 1.33 bits per heavy atom. The maximum absolute atomic E-state index is 12.5. The lowest BCUT2D eigenvalue weighted by molar-refractivity contribution is -0.135. The van der Waals surface area contributed by atoms with Crippen molar-refractivity contribution in [1.82, 2.24) is 15.5 Å². The van der Waals surface area contributed by atoms with Crippen molar-refractivity contribution in [2.24, 2.45) is 0 Å². The summed E-state index contributed by atoms with van der Waals surface area (Å²) in [5, 5.41) is 5.62. The molecule has 7 heteroatoms. The molecule has 2 fully saturated rings. The number of halogens is 1. The lowest BCUT2D eigenvalue weighted by atomic mass is 9.98. The van der Waals surface area contributed by atoms with Gasteiger partial charge in [-0.2, -0.15) is 0 Å². The highest BCUT2D eigenvalue weighted by molar-refractivity contribution is 9.10. The normalized spacial score (nSPS) is 20.3. The van der Waals surface area contributed by atoms with E-state index in [1.165, 1.54) is 0 Å². The fraction of sp³-hybridized carbons (Fsp3) is 0.471. The zero-order chi connectivity index (χ0) is 17.3. The van der Waals surface area contributed by atoms with Crippen LogP contribution in [-0.2, 0) is 9.59 Å². The minimum absolute atomic E-state index is 0.228. The van der Waals surface area contributed by atoms with Crippen LogP contribution in [0.4, 0.5) is 4.79 Å². The number of carbonyl (C=O) groups excluding carboxylic acids is 3. The van der Waals surface area contributed by atoms with Crippen LogP contribution in [0.2, 0.25) is 0 Å². The van der Waals surface area contributed by atoms with Crippen molar-refractivity contribution >= 4 is 33.8 Å². The number of hydrogen-bond donors (Lipinski definition) is 2. The Hall–Kier alpha value is -1.89. The molecule has 1 heterocycles. The highest BCUT2D eigenvalue weighted by atomic mass is 79.9. The Labute approximate surface area is 149 Å².